The van der Waals surface area contributed by atoms with Crippen LogP contribution in [0.15, 0.2) is 12.1 Å². The molecule has 1 N–H and O–H groups in total. The van der Waals surface area contributed by atoms with Crippen LogP contribution in [0.25, 0.3) is 0 Å². The standard InChI is InChI=1S/C15H22O3/c1-15(2,3)12-9-10(17-4)8-11-13(16)6-5-7-18-14(11)12/h8-9,13,16H,5-7H2,1-4H3. The van der Waals surface area contributed by atoms with Gasteiger partial charge in [-0.05, 0) is 30.4 Å². The molecule has 3 heteroatoms. The molecule has 18 heavy (non-hydrogen) atoms. The van der Waals surface area contributed by atoms with Crippen molar-refractivity contribution in [1.82, 2.24) is 0 Å². The summed E-state index contributed by atoms with van der Waals surface area (Å²) in [5.74, 6) is 1.62. The molecule has 0 radical (unpaired) electrons. The lowest BCUT2D eigenvalue weighted by molar-refractivity contribution is 0.167. The van der Waals surface area contributed by atoms with Crippen LogP contribution < -0.4 is 9.47 Å². The van der Waals surface area contributed by atoms with Gasteiger partial charge in [-0.1, -0.05) is 20.8 Å². The van der Waals surface area contributed by atoms with E-state index in [1.54, 1.807) is 7.11 Å². The van der Waals surface area contributed by atoms with E-state index in [0.29, 0.717) is 6.61 Å². The van der Waals surface area contributed by atoms with E-state index in [1.165, 1.54) is 0 Å². The van der Waals surface area contributed by atoms with Crippen LogP contribution in [0.5, 0.6) is 11.5 Å². The van der Waals surface area contributed by atoms with Gasteiger partial charge < -0.3 is 14.6 Å². The molecule has 100 valence electrons. The first kappa shape index (κ1) is 13.2. The van der Waals surface area contributed by atoms with E-state index in [1.807, 2.05) is 12.1 Å². The van der Waals surface area contributed by atoms with Crippen LogP contribution in [0.1, 0.15) is 50.8 Å². The highest BCUT2D eigenvalue weighted by Crippen LogP contribution is 2.42. The molecule has 0 spiro atoms. The molecule has 1 heterocycles. The van der Waals surface area contributed by atoms with Crippen molar-refractivity contribution in [3.8, 4) is 11.5 Å². The Morgan fingerprint density at radius 3 is 2.67 bits per heavy atom. The Balaban J connectivity index is 2.62. The smallest absolute Gasteiger partial charge is 0.129 e. The normalized spacial score (nSPS) is 19.7. The number of rotatable bonds is 1. The minimum Gasteiger partial charge on any atom is -0.497 e. The zero-order valence-electron chi connectivity index (χ0n) is 11.6. The molecule has 0 fully saturated rings. The van der Waals surface area contributed by atoms with Crippen molar-refractivity contribution in [2.24, 2.45) is 0 Å². The fraction of sp³-hybridized carbons (Fsp3) is 0.600. The maximum atomic E-state index is 10.2. The van der Waals surface area contributed by atoms with Crippen molar-refractivity contribution in [1.29, 1.82) is 0 Å². The van der Waals surface area contributed by atoms with Gasteiger partial charge in [-0.2, -0.15) is 0 Å². The van der Waals surface area contributed by atoms with Crippen molar-refractivity contribution in [2.75, 3.05) is 13.7 Å². The number of aliphatic hydroxyl groups is 1. The van der Waals surface area contributed by atoms with E-state index in [0.717, 1.165) is 35.5 Å². The third-order valence-electron chi connectivity index (χ3n) is 3.36. The van der Waals surface area contributed by atoms with Gasteiger partial charge in [0.15, 0.2) is 0 Å². The molecule has 1 aliphatic heterocycles. The van der Waals surface area contributed by atoms with Crippen molar-refractivity contribution >= 4 is 0 Å². The number of aliphatic hydroxyl groups excluding tert-OH is 1. The lowest BCUT2D eigenvalue weighted by Gasteiger charge is -2.25. The second-order valence-electron chi connectivity index (χ2n) is 5.85. The summed E-state index contributed by atoms with van der Waals surface area (Å²) in [4.78, 5) is 0. The fourth-order valence-corrected chi connectivity index (χ4v) is 2.31. The highest BCUT2D eigenvalue weighted by Gasteiger charge is 2.27. The molecule has 1 unspecified atom stereocenters. The lowest BCUT2D eigenvalue weighted by atomic mass is 9.84. The molecular weight excluding hydrogens is 228 g/mol. The monoisotopic (exact) mass is 250 g/mol. The van der Waals surface area contributed by atoms with E-state index in [9.17, 15) is 5.11 Å². The second-order valence-corrected chi connectivity index (χ2v) is 5.85. The van der Waals surface area contributed by atoms with Crippen LogP contribution in [0, 0.1) is 0 Å². The number of benzene rings is 1. The van der Waals surface area contributed by atoms with Crippen LogP contribution in [0.4, 0.5) is 0 Å². The van der Waals surface area contributed by atoms with E-state index in [2.05, 4.69) is 20.8 Å². The summed E-state index contributed by atoms with van der Waals surface area (Å²) in [7, 11) is 1.65. The van der Waals surface area contributed by atoms with Gasteiger partial charge in [-0.25, -0.2) is 0 Å². The molecule has 1 aliphatic rings. The third-order valence-corrected chi connectivity index (χ3v) is 3.36. The third kappa shape index (κ3) is 2.46. The number of hydrogen-bond acceptors (Lipinski definition) is 3. The van der Waals surface area contributed by atoms with Crippen molar-refractivity contribution < 1.29 is 14.6 Å². The molecule has 0 bridgehead atoms. The quantitative estimate of drug-likeness (QED) is 0.832. The molecular formula is C15H22O3. The molecule has 3 nitrogen and oxygen atoms in total. The van der Waals surface area contributed by atoms with Gasteiger partial charge >= 0.3 is 0 Å². The summed E-state index contributed by atoms with van der Waals surface area (Å²) >= 11 is 0. The van der Waals surface area contributed by atoms with Crippen LogP contribution in [0.2, 0.25) is 0 Å². The van der Waals surface area contributed by atoms with Crippen LogP contribution >= 0.6 is 0 Å². The first-order chi connectivity index (χ1) is 8.43. The molecule has 1 aromatic carbocycles. The number of methoxy groups -OCH3 is 1. The predicted octanol–water partition coefficient (Wildman–Crippen LogP) is 3.20. The Bertz CT molecular complexity index is 432. The van der Waals surface area contributed by atoms with Gasteiger partial charge in [-0.3, -0.25) is 0 Å². The molecule has 0 amide bonds. The molecule has 2 rings (SSSR count). The SMILES string of the molecule is COc1cc2c(c(C(C)(C)C)c1)OCCCC2O. The Kier molecular flexibility index (Phi) is 3.53. The van der Waals surface area contributed by atoms with Gasteiger partial charge in [0, 0.05) is 11.1 Å². The Labute approximate surface area is 109 Å². The largest absolute Gasteiger partial charge is 0.497 e. The zero-order valence-corrected chi connectivity index (χ0v) is 11.6. The van der Waals surface area contributed by atoms with E-state index in [-0.39, 0.29) is 5.41 Å². The predicted molar refractivity (Wildman–Crippen MR) is 71.4 cm³/mol. The minimum atomic E-state index is -0.460. The van der Waals surface area contributed by atoms with Crippen LogP contribution in [-0.2, 0) is 5.41 Å². The molecule has 0 saturated carbocycles. The Hall–Kier alpha value is -1.22. The number of fused-ring (bicyclic) bond motifs is 1. The second kappa shape index (κ2) is 4.81. The molecule has 0 aliphatic carbocycles. The molecule has 0 saturated heterocycles. The van der Waals surface area contributed by atoms with Gasteiger partial charge in [-0.15, -0.1) is 0 Å². The fourth-order valence-electron chi connectivity index (χ4n) is 2.31. The molecule has 0 aromatic heterocycles. The van der Waals surface area contributed by atoms with Crippen LogP contribution in [-0.4, -0.2) is 18.8 Å². The van der Waals surface area contributed by atoms with E-state index in [4.69, 9.17) is 9.47 Å². The zero-order chi connectivity index (χ0) is 13.3. The summed E-state index contributed by atoms with van der Waals surface area (Å²) < 4.78 is 11.2. The molecule has 1 atom stereocenters. The van der Waals surface area contributed by atoms with Crippen molar-refractivity contribution in [3.63, 3.8) is 0 Å². The van der Waals surface area contributed by atoms with Gasteiger partial charge in [0.2, 0.25) is 0 Å². The summed E-state index contributed by atoms with van der Waals surface area (Å²) in [5, 5.41) is 10.2. The van der Waals surface area contributed by atoms with Crippen LogP contribution in [0.3, 0.4) is 0 Å². The summed E-state index contributed by atoms with van der Waals surface area (Å²) in [6.45, 7) is 7.09. The minimum absolute atomic E-state index is 0.0390. The molecule has 1 aromatic rings. The van der Waals surface area contributed by atoms with Gasteiger partial charge in [0.25, 0.3) is 0 Å². The average molecular weight is 250 g/mol. The lowest BCUT2D eigenvalue weighted by Crippen LogP contribution is -2.15. The van der Waals surface area contributed by atoms with Crippen molar-refractivity contribution in [3.05, 3.63) is 23.3 Å². The topological polar surface area (TPSA) is 38.7 Å². The average Bonchev–Trinajstić information content (AvgIpc) is 2.49. The van der Waals surface area contributed by atoms with Crippen molar-refractivity contribution in [2.45, 2.75) is 45.1 Å². The summed E-state index contributed by atoms with van der Waals surface area (Å²) in [5.41, 5.74) is 1.91. The van der Waals surface area contributed by atoms with E-state index < -0.39 is 6.10 Å². The number of ether oxygens (including phenoxy) is 2. The summed E-state index contributed by atoms with van der Waals surface area (Å²) in [6, 6.07) is 3.90. The maximum absolute atomic E-state index is 10.2. The first-order valence-corrected chi connectivity index (χ1v) is 6.46. The van der Waals surface area contributed by atoms with Gasteiger partial charge in [0.05, 0.1) is 19.8 Å². The number of hydrogen-bond donors (Lipinski definition) is 1. The Morgan fingerprint density at radius 2 is 2.06 bits per heavy atom. The summed E-state index contributed by atoms with van der Waals surface area (Å²) in [6.07, 6.45) is 1.16. The highest BCUT2D eigenvalue weighted by atomic mass is 16.5. The maximum Gasteiger partial charge on any atom is 0.129 e. The highest BCUT2D eigenvalue weighted by molar-refractivity contribution is 5.51. The van der Waals surface area contributed by atoms with E-state index >= 15 is 0 Å². The first-order valence-electron chi connectivity index (χ1n) is 6.46. The van der Waals surface area contributed by atoms with Gasteiger partial charge in [0.1, 0.15) is 11.5 Å². The Morgan fingerprint density at radius 1 is 1.33 bits per heavy atom.